The lowest BCUT2D eigenvalue weighted by atomic mass is 9.96. The Hall–Kier alpha value is -1.08. The lowest BCUT2D eigenvalue weighted by Gasteiger charge is -2.17. The minimum atomic E-state index is -0.768. The summed E-state index contributed by atoms with van der Waals surface area (Å²) < 4.78 is 1.69. The van der Waals surface area contributed by atoms with E-state index in [1.54, 1.807) is 6.07 Å². The maximum atomic E-state index is 11.9. The van der Waals surface area contributed by atoms with E-state index < -0.39 is 5.97 Å². The van der Waals surface area contributed by atoms with Crippen molar-refractivity contribution in [3.8, 4) is 0 Å². The Morgan fingerprint density at radius 2 is 2.05 bits per heavy atom. The molecule has 1 aromatic rings. The molecule has 114 valence electrons. The number of aliphatic carboxylic acids is 1. The van der Waals surface area contributed by atoms with Gasteiger partial charge in [-0.3, -0.25) is 4.79 Å². The number of urea groups is 1. The Bertz CT molecular complexity index is 551. The average Bonchev–Trinajstić information content (AvgIpc) is 2.88. The minimum absolute atomic E-state index is 0.0154. The SMILES string of the molecule is O=C(NCC1CCCC1C(=O)O)Nc1ccc(Br)cc1Br. The van der Waals surface area contributed by atoms with Gasteiger partial charge in [0, 0.05) is 15.5 Å². The number of carboxylic acids is 1. The number of carbonyl (C=O) groups excluding carboxylic acids is 1. The molecule has 0 heterocycles. The number of hydrogen-bond acceptors (Lipinski definition) is 2. The van der Waals surface area contributed by atoms with Crippen molar-refractivity contribution in [1.82, 2.24) is 5.32 Å². The van der Waals surface area contributed by atoms with Crippen LogP contribution in [0.1, 0.15) is 19.3 Å². The molecule has 2 rings (SSSR count). The fourth-order valence-electron chi connectivity index (χ4n) is 2.59. The van der Waals surface area contributed by atoms with Crippen LogP contribution in [0.15, 0.2) is 27.1 Å². The highest BCUT2D eigenvalue weighted by Gasteiger charge is 2.32. The van der Waals surface area contributed by atoms with Crippen LogP contribution in [0.4, 0.5) is 10.5 Å². The Kier molecular flexibility index (Phi) is 5.64. The first-order valence-corrected chi connectivity index (χ1v) is 8.28. The summed E-state index contributed by atoms with van der Waals surface area (Å²) in [6.45, 7) is 0.386. The van der Waals surface area contributed by atoms with Crippen molar-refractivity contribution in [2.24, 2.45) is 11.8 Å². The maximum Gasteiger partial charge on any atom is 0.319 e. The van der Waals surface area contributed by atoms with Crippen LogP contribution in [-0.2, 0) is 4.79 Å². The number of rotatable bonds is 4. The van der Waals surface area contributed by atoms with E-state index >= 15 is 0 Å². The fraction of sp³-hybridized carbons (Fsp3) is 0.429. The van der Waals surface area contributed by atoms with Crippen molar-refractivity contribution < 1.29 is 14.7 Å². The van der Waals surface area contributed by atoms with Gasteiger partial charge in [0.1, 0.15) is 0 Å². The molecule has 0 radical (unpaired) electrons. The van der Waals surface area contributed by atoms with Crippen LogP contribution < -0.4 is 10.6 Å². The molecule has 2 amide bonds. The molecule has 1 aromatic carbocycles. The van der Waals surface area contributed by atoms with Crippen LogP contribution >= 0.6 is 31.9 Å². The molecule has 1 aliphatic rings. The van der Waals surface area contributed by atoms with Gasteiger partial charge >= 0.3 is 12.0 Å². The van der Waals surface area contributed by atoms with E-state index in [0.717, 1.165) is 21.8 Å². The molecule has 0 aliphatic heterocycles. The van der Waals surface area contributed by atoms with Gasteiger partial charge in [-0.25, -0.2) is 4.79 Å². The summed E-state index contributed by atoms with van der Waals surface area (Å²) in [6, 6.07) is 5.13. The molecule has 2 unspecified atom stereocenters. The van der Waals surface area contributed by atoms with Gasteiger partial charge in [0.2, 0.25) is 0 Å². The molecule has 2 atom stereocenters. The third kappa shape index (κ3) is 4.44. The Balaban J connectivity index is 1.86. The van der Waals surface area contributed by atoms with E-state index in [1.165, 1.54) is 0 Å². The van der Waals surface area contributed by atoms with Crippen LogP contribution in [0.2, 0.25) is 0 Å². The molecular formula is C14H16Br2N2O3. The maximum absolute atomic E-state index is 11.9. The molecule has 21 heavy (non-hydrogen) atoms. The first-order valence-electron chi connectivity index (χ1n) is 6.70. The Labute approximate surface area is 139 Å². The van der Waals surface area contributed by atoms with Crippen molar-refractivity contribution in [3.63, 3.8) is 0 Å². The first kappa shape index (κ1) is 16.3. The van der Waals surface area contributed by atoms with Crippen molar-refractivity contribution in [3.05, 3.63) is 27.1 Å². The van der Waals surface area contributed by atoms with Gasteiger partial charge in [-0.15, -0.1) is 0 Å². The topological polar surface area (TPSA) is 78.4 Å². The molecule has 7 heteroatoms. The summed E-state index contributed by atoms with van der Waals surface area (Å²) in [5.41, 5.74) is 0.664. The molecule has 3 N–H and O–H groups in total. The van der Waals surface area contributed by atoms with Crippen molar-refractivity contribution in [2.75, 3.05) is 11.9 Å². The van der Waals surface area contributed by atoms with Crippen LogP contribution in [0.3, 0.4) is 0 Å². The number of nitrogens with one attached hydrogen (secondary N) is 2. The van der Waals surface area contributed by atoms with E-state index in [9.17, 15) is 9.59 Å². The predicted molar refractivity (Wildman–Crippen MR) is 87.3 cm³/mol. The van der Waals surface area contributed by atoms with Crippen LogP contribution in [0.5, 0.6) is 0 Å². The van der Waals surface area contributed by atoms with Crippen LogP contribution in [-0.4, -0.2) is 23.7 Å². The largest absolute Gasteiger partial charge is 0.481 e. The lowest BCUT2D eigenvalue weighted by Crippen LogP contribution is -2.35. The quantitative estimate of drug-likeness (QED) is 0.693. The second-order valence-electron chi connectivity index (χ2n) is 5.09. The molecule has 0 saturated heterocycles. The van der Waals surface area contributed by atoms with Gasteiger partial charge < -0.3 is 15.7 Å². The van der Waals surface area contributed by atoms with Gasteiger partial charge in [-0.05, 0) is 52.9 Å². The van der Waals surface area contributed by atoms with Crippen molar-refractivity contribution in [1.29, 1.82) is 0 Å². The number of anilines is 1. The van der Waals surface area contributed by atoms with Gasteiger partial charge in [0.05, 0.1) is 11.6 Å². The number of halogens is 2. The zero-order chi connectivity index (χ0) is 15.4. The second kappa shape index (κ2) is 7.26. The smallest absolute Gasteiger partial charge is 0.319 e. The monoisotopic (exact) mass is 418 g/mol. The standard InChI is InChI=1S/C14H16Br2N2O3/c15-9-4-5-12(11(16)6-9)18-14(21)17-7-8-2-1-3-10(8)13(19)20/h4-6,8,10H,1-3,7H2,(H,19,20)(H2,17,18,21). The van der Waals surface area contributed by atoms with E-state index in [0.29, 0.717) is 18.7 Å². The van der Waals surface area contributed by atoms with E-state index in [4.69, 9.17) is 5.11 Å². The Morgan fingerprint density at radius 3 is 2.71 bits per heavy atom. The third-order valence-electron chi connectivity index (χ3n) is 3.68. The molecule has 1 fully saturated rings. The highest BCUT2D eigenvalue weighted by Crippen LogP contribution is 2.31. The summed E-state index contributed by atoms with van der Waals surface area (Å²) in [4.78, 5) is 23.0. The summed E-state index contributed by atoms with van der Waals surface area (Å²) in [6.07, 6.45) is 2.45. The average molecular weight is 420 g/mol. The highest BCUT2D eigenvalue weighted by molar-refractivity contribution is 9.11. The molecule has 5 nitrogen and oxygen atoms in total. The molecular weight excluding hydrogens is 404 g/mol. The number of carbonyl (C=O) groups is 2. The van der Waals surface area contributed by atoms with Crippen molar-refractivity contribution >= 4 is 49.5 Å². The van der Waals surface area contributed by atoms with E-state index in [-0.39, 0.29) is 17.9 Å². The van der Waals surface area contributed by atoms with Gasteiger partial charge in [-0.2, -0.15) is 0 Å². The summed E-state index contributed by atoms with van der Waals surface area (Å²) >= 11 is 6.72. The zero-order valence-electron chi connectivity index (χ0n) is 11.2. The molecule has 1 aliphatic carbocycles. The third-order valence-corrected chi connectivity index (χ3v) is 4.83. The van der Waals surface area contributed by atoms with Crippen LogP contribution in [0.25, 0.3) is 0 Å². The molecule has 0 aromatic heterocycles. The van der Waals surface area contributed by atoms with Crippen LogP contribution in [0, 0.1) is 11.8 Å². The number of amides is 2. The normalized spacial score (nSPS) is 21.0. The fourth-order valence-corrected chi connectivity index (χ4v) is 3.73. The molecule has 0 spiro atoms. The van der Waals surface area contributed by atoms with Gasteiger partial charge in [0.25, 0.3) is 0 Å². The predicted octanol–water partition coefficient (Wildman–Crippen LogP) is 3.83. The second-order valence-corrected chi connectivity index (χ2v) is 6.86. The first-order chi connectivity index (χ1) is 9.97. The zero-order valence-corrected chi connectivity index (χ0v) is 14.4. The van der Waals surface area contributed by atoms with E-state index in [2.05, 4.69) is 42.5 Å². The number of hydrogen-bond donors (Lipinski definition) is 3. The molecule has 1 saturated carbocycles. The molecule has 0 bridgehead atoms. The highest BCUT2D eigenvalue weighted by atomic mass is 79.9. The van der Waals surface area contributed by atoms with Gasteiger partial charge in [0.15, 0.2) is 0 Å². The lowest BCUT2D eigenvalue weighted by molar-refractivity contribution is -0.142. The summed E-state index contributed by atoms with van der Waals surface area (Å²) in [7, 11) is 0. The number of benzene rings is 1. The minimum Gasteiger partial charge on any atom is -0.481 e. The summed E-state index contributed by atoms with van der Waals surface area (Å²) in [5.74, 6) is -1.10. The number of carboxylic acid groups (broad SMARTS) is 1. The Morgan fingerprint density at radius 1 is 1.29 bits per heavy atom. The van der Waals surface area contributed by atoms with E-state index in [1.807, 2.05) is 12.1 Å². The van der Waals surface area contributed by atoms with Crippen molar-refractivity contribution in [2.45, 2.75) is 19.3 Å². The van der Waals surface area contributed by atoms with Gasteiger partial charge in [-0.1, -0.05) is 22.4 Å². The summed E-state index contributed by atoms with van der Waals surface area (Å²) in [5, 5.41) is 14.6.